The van der Waals surface area contributed by atoms with Crippen molar-refractivity contribution in [1.29, 1.82) is 0 Å². The number of aromatic nitrogens is 1. The van der Waals surface area contributed by atoms with Crippen molar-refractivity contribution in [2.45, 2.75) is 6.42 Å². The average molecular weight is 193 g/mol. The van der Waals surface area contributed by atoms with Crippen LogP contribution in [0.1, 0.15) is 12.1 Å². The number of nitrogens with two attached hydrogens (primary N) is 1. The Labute approximate surface area is 82.6 Å². The molecular formula is C9H11N3S. The lowest BCUT2D eigenvalue weighted by Crippen LogP contribution is -2.37. The summed E-state index contributed by atoms with van der Waals surface area (Å²) in [5, 5.41) is 0. The number of hydrogen-bond donors (Lipinski definition) is 1. The van der Waals surface area contributed by atoms with E-state index >= 15 is 0 Å². The summed E-state index contributed by atoms with van der Waals surface area (Å²) in [7, 11) is 0. The van der Waals surface area contributed by atoms with Crippen molar-refractivity contribution in [2.75, 3.05) is 18.0 Å². The lowest BCUT2D eigenvalue weighted by molar-refractivity contribution is 0.609. The van der Waals surface area contributed by atoms with Gasteiger partial charge in [-0.15, -0.1) is 0 Å². The minimum absolute atomic E-state index is 0.363. The molecule has 1 aliphatic heterocycles. The molecule has 1 aromatic rings. The van der Waals surface area contributed by atoms with Gasteiger partial charge in [0.1, 0.15) is 10.8 Å². The highest BCUT2D eigenvalue weighted by Gasteiger charge is 2.15. The zero-order valence-corrected chi connectivity index (χ0v) is 8.05. The predicted molar refractivity (Wildman–Crippen MR) is 57.0 cm³/mol. The SMILES string of the molecule is NC(=S)c1cccc(N2CCC2)n1. The Kier molecular flexibility index (Phi) is 2.14. The highest BCUT2D eigenvalue weighted by molar-refractivity contribution is 7.80. The molecule has 2 rings (SSSR count). The van der Waals surface area contributed by atoms with Crippen LogP contribution in [0.5, 0.6) is 0 Å². The molecule has 1 fully saturated rings. The van der Waals surface area contributed by atoms with Crippen molar-refractivity contribution < 1.29 is 0 Å². The first-order valence-electron chi connectivity index (χ1n) is 4.29. The standard InChI is InChI=1S/C9H11N3S/c10-9(13)7-3-1-4-8(11-7)12-5-2-6-12/h1,3-4H,2,5-6H2,(H2,10,13). The summed E-state index contributed by atoms with van der Waals surface area (Å²) in [4.78, 5) is 6.93. The van der Waals surface area contributed by atoms with Crippen LogP contribution >= 0.6 is 12.2 Å². The van der Waals surface area contributed by atoms with Crippen LogP contribution in [0.2, 0.25) is 0 Å². The highest BCUT2D eigenvalue weighted by atomic mass is 32.1. The van der Waals surface area contributed by atoms with Gasteiger partial charge in [-0.1, -0.05) is 18.3 Å². The average Bonchev–Trinajstić information content (AvgIpc) is 2.01. The maximum atomic E-state index is 5.49. The normalized spacial score (nSPS) is 15.2. The van der Waals surface area contributed by atoms with Crippen LogP contribution in [0.15, 0.2) is 18.2 Å². The van der Waals surface area contributed by atoms with Gasteiger partial charge in [-0.2, -0.15) is 0 Å². The molecule has 2 N–H and O–H groups in total. The molecule has 0 bridgehead atoms. The summed E-state index contributed by atoms with van der Waals surface area (Å²) in [6.45, 7) is 2.18. The van der Waals surface area contributed by atoms with Crippen molar-refractivity contribution in [1.82, 2.24) is 4.98 Å². The molecule has 1 aliphatic rings. The Balaban J connectivity index is 2.26. The molecule has 4 heteroatoms. The molecule has 0 amide bonds. The topological polar surface area (TPSA) is 42.1 Å². The second-order valence-electron chi connectivity index (χ2n) is 3.09. The molecule has 68 valence electrons. The third-order valence-electron chi connectivity index (χ3n) is 2.17. The first kappa shape index (κ1) is 8.44. The molecule has 0 unspecified atom stereocenters. The summed E-state index contributed by atoms with van der Waals surface area (Å²) in [5.41, 5.74) is 6.20. The van der Waals surface area contributed by atoms with E-state index in [0.29, 0.717) is 10.7 Å². The Morgan fingerprint density at radius 3 is 2.77 bits per heavy atom. The molecule has 1 aromatic heterocycles. The van der Waals surface area contributed by atoms with Gasteiger partial charge in [-0.05, 0) is 18.6 Å². The van der Waals surface area contributed by atoms with Crippen molar-refractivity contribution in [3.8, 4) is 0 Å². The Morgan fingerprint density at radius 1 is 1.46 bits per heavy atom. The van der Waals surface area contributed by atoms with Gasteiger partial charge in [0, 0.05) is 13.1 Å². The van der Waals surface area contributed by atoms with Crippen LogP contribution in [0.25, 0.3) is 0 Å². The summed E-state index contributed by atoms with van der Waals surface area (Å²) in [5.74, 6) is 0.983. The van der Waals surface area contributed by atoms with Crippen molar-refractivity contribution >= 4 is 23.0 Å². The van der Waals surface area contributed by atoms with Gasteiger partial charge in [-0.25, -0.2) is 4.98 Å². The van der Waals surface area contributed by atoms with Crippen LogP contribution in [0.3, 0.4) is 0 Å². The molecule has 1 saturated heterocycles. The molecule has 3 nitrogen and oxygen atoms in total. The van der Waals surface area contributed by atoms with Crippen LogP contribution in [-0.4, -0.2) is 23.1 Å². The smallest absolute Gasteiger partial charge is 0.129 e. The second-order valence-corrected chi connectivity index (χ2v) is 3.53. The van der Waals surface area contributed by atoms with E-state index in [1.54, 1.807) is 0 Å². The number of hydrogen-bond acceptors (Lipinski definition) is 3. The van der Waals surface area contributed by atoms with Gasteiger partial charge in [0.05, 0.1) is 5.69 Å². The zero-order valence-electron chi connectivity index (χ0n) is 7.23. The van der Waals surface area contributed by atoms with Gasteiger partial charge in [-0.3, -0.25) is 0 Å². The summed E-state index contributed by atoms with van der Waals surface area (Å²) in [6, 6.07) is 5.77. The lowest BCUT2D eigenvalue weighted by Gasteiger charge is -2.32. The summed E-state index contributed by atoms with van der Waals surface area (Å²) < 4.78 is 0. The molecule has 0 aliphatic carbocycles. The largest absolute Gasteiger partial charge is 0.388 e. The first-order chi connectivity index (χ1) is 6.27. The molecule has 0 atom stereocenters. The van der Waals surface area contributed by atoms with Gasteiger partial charge in [0.2, 0.25) is 0 Å². The number of anilines is 1. The summed E-state index contributed by atoms with van der Waals surface area (Å²) >= 11 is 4.86. The Morgan fingerprint density at radius 2 is 2.23 bits per heavy atom. The summed E-state index contributed by atoms with van der Waals surface area (Å²) in [6.07, 6.45) is 1.25. The van der Waals surface area contributed by atoms with Crippen LogP contribution in [0.4, 0.5) is 5.82 Å². The number of pyridine rings is 1. The van der Waals surface area contributed by atoms with E-state index in [1.165, 1.54) is 6.42 Å². The van der Waals surface area contributed by atoms with E-state index in [0.717, 1.165) is 18.9 Å². The van der Waals surface area contributed by atoms with E-state index in [-0.39, 0.29) is 0 Å². The minimum Gasteiger partial charge on any atom is -0.388 e. The van der Waals surface area contributed by atoms with Crippen molar-refractivity contribution in [3.63, 3.8) is 0 Å². The fourth-order valence-electron chi connectivity index (χ4n) is 1.28. The van der Waals surface area contributed by atoms with Gasteiger partial charge in [0.25, 0.3) is 0 Å². The van der Waals surface area contributed by atoms with E-state index in [2.05, 4.69) is 9.88 Å². The van der Waals surface area contributed by atoms with E-state index in [1.807, 2.05) is 18.2 Å². The number of rotatable bonds is 2. The molecular weight excluding hydrogens is 182 g/mol. The molecule has 0 spiro atoms. The Hall–Kier alpha value is -1.16. The fraction of sp³-hybridized carbons (Fsp3) is 0.333. The number of thiocarbonyl (C=S) groups is 1. The van der Waals surface area contributed by atoms with Crippen LogP contribution in [-0.2, 0) is 0 Å². The maximum Gasteiger partial charge on any atom is 0.129 e. The van der Waals surface area contributed by atoms with Crippen LogP contribution in [0, 0.1) is 0 Å². The predicted octanol–water partition coefficient (Wildman–Crippen LogP) is 0.926. The minimum atomic E-state index is 0.363. The lowest BCUT2D eigenvalue weighted by atomic mass is 10.2. The van der Waals surface area contributed by atoms with E-state index < -0.39 is 0 Å². The zero-order chi connectivity index (χ0) is 9.26. The van der Waals surface area contributed by atoms with Gasteiger partial charge < -0.3 is 10.6 Å². The third kappa shape index (κ3) is 1.62. The van der Waals surface area contributed by atoms with Crippen molar-refractivity contribution in [3.05, 3.63) is 23.9 Å². The number of nitrogens with zero attached hydrogens (tertiary/aromatic N) is 2. The highest BCUT2D eigenvalue weighted by Crippen LogP contribution is 2.17. The Bertz CT molecular complexity index is 333. The van der Waals surface area contributed by atoms with Gasteiger partial charge >= 0.3 is 0 Å². The van der Waals surface area contributed by atoms with Crippen LogP contribution < -0.4 is 10.6 Å². The van der Waals surface area contributed by atoms with E-state index in [9.17, 15) is 0 Å². The fourth-order valence-corrected chi connectivity index (χ4v) is 1.40. The third-order valence-corrected chi connectivity index (χ3v) is 2.38. The first-order valence-corrected chi connectivity index (χ1v) is 4.70. The molecule has 13 heavy (non-hydrogen) atoms. The molecule has 0 radical (unpaired) electrons. The molecule has 0 aromatic carbocycles. The maximum absolute atomic E-state index is 5.49. The quantitative estimate of drug-likeness (QED) is 0.709. The second kappa shape index (κ2) is 3.30. The monoisotopic (exact) mass is 193 g/mol. The molecule has 2 heterocycles. The van der Waals surface area contributed by atoms with E-state index in [4.69, 9.17) is 18.0 Å². The molecule has 0 saturated carbocycles. The van der Waals surface area contributed by atoms with Gasteiger partial charge in [0.15, 0.2) is 0 Å². The van der Waals surface area contributed by atoms with Crippen molar-refractivity contribution in [2.24, 2.45) is 5.73 Å².